The monoisotopic (exact) mass is 538 g/mol. The standard InChI is InChI=1S/C25H27ClN8O2S/c1-18-4-5-20(26)12-23(18)37(35,36)33-9-3-8-32(10-11-33)16-21(14-27-2)34-15-19(13-31-34)24-22-6-7-28-25(22)30-17-29-24/h4-7,12-13,15,17,21H,3,8-11,14,16H2,1H3,(H,28,29,30). The predicted octanol–water partition coefficient (Wildman–Crippen LogP) is 3.64. The van der Waals surface area contributed by atoms with E-state index in [1.54, 1.807) is 29.6 Å². The van der Waals surface area contributed by atoms with Crippen LogP contribution in [0.2, 0.25) is 5.02 Å². The van der Waals surface area contributed by atoms with Gasteiger partial charge in [0, 0.05) is 54.5 Å². The van der Waals surface area contributed by atoms with Crippen LogP contribution in [0.3, 0.4) is 0 Å². The van der Waals surface area contributed by atoms with Crippen LogP contribution in [0.25, 0.3) is 27.1 Å². The first-order valence-corrected chi connectivity index (χ1v) is 13.8. The number of aromatic nitrogens is 5. The van der Waals surface area contributed by atoms with E-state index in [1.807, 2.05) is 23.1 Å². The number of nitrogens with zero attached hydrogens (tertiary/aromatic N) is 7. The van der Waals surface area contributed by atoms with E-state index in [4.69, 9.17) is 18.2 Å². The smallest absolute Gasteiger partial charge is 0.243 e. The van der Waals surface area contributed by atoms with Crippen LogP contribution < -0.4 is 0 Å². The van der Waals surface area contributed by atoms with Crippen LogP contribution in [0, 0.1) is 13.5 Å². The topological polar surface area (TPSA) is 104 Å². The van der Waals surface area contributed by atoms with Crippen molar-refractivity contribution in [1.29, 1.82) is 0 Å². The van der Waals surface area contributed by atoms with Gasteiger partial charge in [-0.2, -0.15) is 9.40 Å². The Morgan fingerprint density at radius 2 is 2.05 bits per heavy atom. The quantitative estimate of drug-likeness (QED) is 0.360. The van der Waals surface area contributed by atoms with Gasteiger partial charge in [-0.25, -0.2) is 25.0 Å². The number of sulfonamides is 1. The van der Waals surface area contributed by atoms with Gasteiger partial charge in [0.05, 0.1) is 16.8 Å². The highest BCUT2D eigenvalue weighted by Crippen LogP contribution is 2.27. The molecule has 1 fully saturated rings. The molecule has 1 saturated heterocycles. The van der Waals surface area contributed by atoms with E-state index in [0.29, 0.717) is 43.2 Å². The minimum atomic E-state index is -3.65. The van der Waals surface area contributed by atoms with Crippen LogP contribution in [-0.2, 0) is 10.0 Å². The summed E-state index contributed by atoms with van der Waals surface area (Å²) in [6.45, 7) is 12.2. The fraction of sp³-hybridized carbons (Fsp3) is 0.360. The maximum Gasteiger partial charge on any atom is 0.243 e. The van der Waals surface area contributed by atoms with Gasteiger partial charge in [-0.05, 0) is 43.7 Å². The molecule has 1 aromatic carbocycles. The number of benzene rings is 1. The molecule has 0 aliphatic carbocycles. The van der Waals surface area contributed by atoms with Crippen molar-refractivity contribution in [3.63, 3.8) is 0 Å². The van der Waals surface area contributed by atoms with Gasteiger partial charge >= 0.3 is 0 Å². The molecule has 0 saturated carbocycles. The minimum Gasteiger partial charge on any atom is -0.346 e. The number of fused-ring (bicyclic) bond motifs is 1. The fourth-order valence-electron chi connectivity index (χ4n) is 4.75. The molecule has 0 amide bonds. The van der Waals surface area contributed by atoms with E-state index >= 15 is 0 Å². The summed E-state index contributed by atoms with van der Waals surface area (Å²) in [7, 11) is -3.65. The summed E-state index contributed by atoms with van der Waals surface area (Å²) in [5, 5.41) is 5.87. The van der Waals surface area contributed by atoms with Crippen molar-refractivity contribution in [3.05, 3.63) is 71.2 Å². The molecular formula is C25H27ClN8O2S. The lowest BCUT2D eigenvalue weighted by Crippen LogP contribution is -2.37. The summed E-state index contributed by atoms with van der Waals surface area (Å²) < 4.78 is 30.1. The van der Waals surface area contributed by atoms with E-state index < -0.39 is 10.0 Å². The first-order chi connectivity index (χ1) is 17.9. The molecule has 1 unspecified atom stereocenters. The van der Waals surface area contributed by atoms with E-state index in [1.165, 1.54) is 12.4 Å². The van der Waals surface area contributed by atoms with Gasteiger partial charge in [0.15, 0.2) is 0 Å². The second-order valence-corrected chi connectivity index (χ2v) is 11.5. The van der Waals surface area contributed by atoms with Gasteiger partial charge in [-0.3, -0.25) is 9.58 Å². The summed E-state index contributed by atoms with van der Waals surface area (Å²) in [4.78, 5) is 17.9. The number of H-pyrrole nitrogens is 1. The average molecular weight is 539 g/mol. The Bertz CT molecular complexity index is 1560. The van der Waals surface area contributed by atoms with Gasteiger partial charge in [-0.15, -0.1) is 0 Å². The first-order valence-electron chi connectivity index (χ1n) is 12.0. The van der Waals surface area contributed by atoms with E-state index in [2.05, 4.69) is 29.8 Å². The molecule has 1 aliphatic rings. The summed E-state index contributed by atoms with van der Waals surface area (Å²) in [5.41, 5.74) is 3.07. The van der Waals surface area contributed by atoms with Crippen molar-refractivity contribution in [1.82, 2.24) is 33.9 Å². The molecule has 0 bridgehead atoms. The third-order valence-corrected chi connectivity index (χ3v) is 8.97. The van der Waals surface area contributed by atoms with Gasteiger partial charge < -0.3 is 9.83 Å². The van der Waals surface area contributed by atoms with Crippen molar-refractivity contribution >= 4 is 32.7 Å². The lowest BCUT2D eigenvalue weighted by Gasteiger charge is -2.24. The number of hydrogen-bond donors (Lipinski definition) is 1. The van der Waals surface area contributed by atoms with E-state index in [-0.39, 0.29) is 17.5 Å². The second kappa shape index (κ2) is 10.6. The average Bonchev–Trinajstić information content (AvgIpc) is 3.51. The molecule has 3 aromatic heterocycles. The van der Waals surface area contributed by atoms with Gasteiger partial charge in [0.25, 0.3) is 0 Å². The molecule has 4 aromatic rings. The minimum absolute atomic E-state index is 0.173. The molecule has 0 spiro atoms. The Balaban J connectivity index is 1.31. The van der Waals surface area contributed by atoms with Crippen LogP contribution >= 0.6 is 11.6 Å². The SMILES string of the molecule is [C-]#[N+]CC(CN1CCCN(S(=O)(=O)c2cc(Cl)ccc2C)CC1)n1cc(-c2ncnc3[nH]ccc23)cn1. The molecule has 0 radical (unpaired) electrons. The van der Waals surface area contributed by atoms with Crippen LogP contribution in [0.5, 0.6) is 0 Å². The highest BCUT2D eigenvalue weighted by atomic mass is 35.5. The van der Waals surface area contributed by atoms with Crippen LogP contribution in [0.4, 0.5) is 0 Å². The molecule has 10 nitrogen and oxygen atoms in total. The van der Waals surface area contributed by atoms with Crippen molar-refractivity contribution in [3.8, 4) is 11.3 Å². The number of nitrogens with one attached hydrogen (secondary N) is 1. The number of hydrogen-bond acceptors (Lipinski definition) is 6. The molecular weight excluding hydrogens is 512 g/mol. The van der Waals surface area contributed by atoms with Crippen molar-refractivity contribution in [2.75, 3.05) is 39.3 Å². The number of aromatic amines is 1. The molecule has 5 rings (SSSR count). The zero-order valence-electron chi connectivity index (χ0n) is 20.4. The zero-order chi connectivity index (χ0) is 26.0. The number of aryl methyl sites for hydroxylation is 1. The van der Waals surface area contributed by atoms with Crippen LogP contribution in [-0.4, -0.2) is 81.6 Å². The lowest BCUT2D eigenvalue weighted by atomic mass is 10.2. The van der Waals surface area contributed by atoms with E-state index in [9.17, 15) is 8.42 Å². The number of halogens is 1. The molecule has 12 heteroatoms. The largest absolute Gasteiger partial charge is 0.346 e. The Morgan fingerprint density at radius 3 is 2.89 bits per heavy atom. The van der Waals surface area contributed by atoms with E-state index in [0.717, 1.165) is 28.8 Å². The summed E-state index contributed by atoms with van der Waals surface area (Å²) in [6, 6.07) is 6.71. The molecule has 1 aliphatic heterocycles. The van der Waals surface area contributed by atoms with Gasteiger partial charge in [0.2, 0.25) is 16.6 Å². The Labute approximate surface area is 220 Å². The Kier molecular flexibility index (Phi) is 7.26. The molecule has 37 heavy (non-hydrogen) atoms. The van der Waals surface area contributed by atoms with Gasteiger partial charge in [0.1, 0.15) is 18.0 Å². The highest BCUT2D eigenvalue weighted by Gasteiger charge is 2.30. The Hall–Kier alpha value is -3.30. The third-order valence-electron chi connectivity index (χ3n) is 6.69. The highest BCUT2D eigenvalue weighted by molar-refractivity contribution is 7.89. The molecule has 1 atom stereocenters. The summed E-state index contributed by atoms with van der Waals surface area (Å²) in [5.74, 6) is 0. The lowest BCUT2D eigenvalue weighted by molar-refractivity contribution is 0.240. The second-order valence-electron chi connectivity index (χ2n) is 9.13. The molecule has 192 valence electrons. The van der Waals surface area contributed by atoms with Crippen LogP contribution in [0.1, 0.15) is 18.0 Å². The van der Waals surface area contributed by atoms with Crippen molar-refractivity contribution in [2.45, 2.75) is 24.3 Å². The third kappa shape index (κ3) is 5.24. The fourth-order valence-corrected chi connectivity index (χ4v) is 6.71. The maximum absolute atomic E-state index is 13.4. The number of rotatable bonds is 7. The molecule has 4 heterocycles. The predicted molar refractivity (Wildman–Crippen MR) is 142 cm³/mol. The Morgan fingerprint density at radius 1 is 1.19 bits per heavy atom. The maximum atomic E-state index is 13.4. The van der Waals surface area contributed by atoms with Crippen molar-refractivity contribution < 1.29 is 8.42 Å². The van der Waals surface area contributed by atoms with Gasteiger partial charge in [-0.1, -0.05) is 17.7 Å². The summed E-state index contributed by atoms with van der Waals surface area (Å²) in [6.07, 6.45) is 7.72. The van der Waals surface area contributed by atoms with Crippen LogP contribution in [0.15, 0.2) is 54.1 Å². The normalized spacial score (nSPS) is 16.5. The first kappa shape index (κ1) is 25.4. The summed E-state index contributed by atoms with van der Waals surface area (Å²) >= 11 is 6.09. The molecule has 1 N–H and O–H groups in total. The zero-order valence-corrected chi connectivity index (χ0v) is 22.0. The van der Waals surface area contributed by atoms with Crippen molar-refractivity contribution in [2.24, 2.45) is 0 Å².